The number of fused-ring (bicyclic) bond motifs is 1. The van der Waals surface area contributed by atoms with Gasteiger partial charge < -0.3 is 10.2 Å². The van der Waals surface area contributed by atoms with Gasteiger partial charge in [0.2, 0.25) is 0 Å². The zero-order chi connectivity index (χ0) is 12.5. The quantitative estimate of drug-likeness (QED) is 0.878. The number of hydrogen-bond donors (Lipinski definition) is 1. The molecule has 1 aliphatic rings. The molecule has 0 aliphatic carbocycles. The lowest BCUT2D eigenvalue weighted by molar-refractivity contribution is 0.584. The number of hydrogen-bond acceptors (Lipinski definition) is 3. The van der Waals surface area contributed by atoms with E-state index in [1.54, 1.807) is 0 Å². The summed E-state index contributed by atoms with van der Waals surface area (Å²) in [6.07, 6.45) is 0. The minimum atomic E-state index is 1.04. The maximum Gasteiger partial charge on any atom is 0.132 e. The summed E-state index contributed by atoms with van der Waals surface area (Å²) in [6.45, 7) is 6.29. The molecular weight excluding hydrogens is 290 g/mol. The van der Waals surface area contributed by atoms with Gasteiger partial charge in [-0.2, -0.15) is 0 Å². The first-order valence-electron chi connectivity index (χ1n) is 6.26. The van der Waals surface area contributed by atoms with Gasteiger partial charge in [0.05, 0.1) is 5.52 Å². The van der Waals surface area contributed by atoms with Gasteiger partial charge in [0, 0.05) is 36.0 Å². The third kappa shape index (κ3) is 2.22. The fourth-order valence-electron chi connectivity index (χ4n) is 2.43. The van der Waals surface area contributed by atoms with Crippen molar-refractivity contribution in [1.82, 2.24) is 10.3 Å². The molecule has 3 rings (SSSR count). The average molecular weight is 306 g/mol. The number of piperazine rings is 1. The van der Waals surface area contributed by atoms with Crippen molar-refractivity contribution in [3.05, 3.63) is 34.3 Å². The van der Waals surface area contributed by atoms with Gasteiger partial charge in [-0.1, -0.05) is 22.0 Å². The Balaban J connectivity index is 2.07. The number of benzene rings is 1. The van der Waals surface area contributed by atoms with Gasteiger partial charge in [0.1, 0.15) is 5.82 Å². The third-order valence-corrected chi connectivity index (χ3v) is 3.85. The van der Waals surface area contributed by atoms with Gasteiger partial charge in [-0.05, 0) is 30.7 Å². The number of aryl methyl sites for hydroxylation is 1. The van der Waals surface area contributed by atoms with Crippen LogP contribution in [-0.2, 0) is 0 Å². The van der Waals surface area contributed by atoms with Crippen LogP contribution in [0.3, 0.4) is 0 Å². The Morgan fingerprint density at radius 1 is 1.22 bits per heavy atom. The lowest BCUT2D eigenvalue weighted by Crippen LogP contribution is -2.44. The Hall–Kier alpha value is -1.13. The number of aromatic nitrogens is 1. The molecule has 0 atom stereocenters. The number of nitrogens with zero attached hydrogens (tertiary/aromatic N) is 2. The molecule has 1 aliphatic heterocycles. The van der Waals surface area contributed by atoms with Crippen molar-refractivity contribution in [3.63, 3.8) is 0 Å². The predicted molar refractivity (Wildman–Crippen MR) is 79.3 cm³/mol. The molecule has 4 heteroatoms. The lowest BCUT2D eigenvalue weighted by Gasteiger charge is -2.29. The molecule has 1 saturated heterocycles. The van der Waals surface area contributed by atoms with Crippen LogP contribution in [0.25, 0.3) is 10.9 Å². The highest BCUT2D eigenvalue weighted by Crippen LogP contribution is 2.25. The van der Waals surface area contributed by atoms with Crippen LogP contribution in [0.5, 0.6) is 0 Å². The summed E-state index contributed by atoms with van der Waals surface area (Å²) in [4.78, 5) is 7.19. The molecule has 1 fully saturated rings. The zero-order valence-electron chi connectivity index (χ0n) is 10.4. The first-order chi connectivity index (χ1) is 8.74. The van der Waals surface area contributed by atoms with Crippen molar-refractivity contribution in [1.29, 1.82) is 0 Å². The van der Waals surface area contributed by atoms with E-state index in [-0.39, 0.29) is 0 Å². The molecule has 2 aromatic rings. The van der Waals surface area contributed by atoms with Gasteiger partial charge in [0.15, 0.2) is 0 Å². The van der Waals surface area contributed by atoms with Crippen LogP contribution in [0.4, 0.5) is 5.82 Å². The maximum absolute atomic E-state index is 4.83. The summed E-state index contributed by atoms with van der Waals surface area (Å²) in [5.41, 5.74) is 2.32. The minimum absolute atomic E-state index is 1.04. The van der Waals surface area contributed by atoms with Crippen LogP contribution in [0.15, 0.2) is 28.7 Å². The molecule has 0 amide bonds. The van der Waals surface area contributed by atoms with Crippen LogP contribution >= 0.6 is 15.9 Å². The van der Waals surface area contributed by atoms with Crippen LogP contribution in [-0.4, -0.2) is 31.2 Å². The van der Waals surface area contributed by atoms with Crippen LogP contribution in [0.2, 0.25) is 0 Å². The predicted octanol–water partition coefficient (Wildman–Crippen LogP) is 2.72. The standard InChI is InChI=1S/C14H16BrN3/c1-10-8-11-2-3-12(15)9-13(11)17-14(10)18-6-4-16-5-7-18/h2-3,8-9,16H,4-7H2,1H3. The Labute approximate surface area is 115 Å². The van der Waals surface area contributed by atoms with Crippen molar-refractivity contribution in [2.45, 2.75) is 6.92 Å². The molecule has 0 spiro atoms. The van der Waals surface area contributed by atoms with Gasteiger partial charge in [-0.25, -0.2) is 4.98 Å². The topological polar surface area (TPSA) is 28.2 Å². The summed E-state index contributed by atoms with van der Waals surface area (Å²) in [6, 6.07) is 8.49. The summed E-state index contributed by atoms with van der Waals surface area (Å²) in [7, 11) is 0. The fourth-order valence-corrected chi connectivity index (χ4v) is 2.78. The fraction of sp³-hybridized carbons (Fsp3) is 0.357. The summed E-state index contributed by atoms with van der Waals surface area (Å²) in [5, 5.41) is 4.58. The molecule has 0 radical (unpaired) electrons. The van der Waals surface area contributed by atoms with E-state index in [0.717, 1.165) is 42.0 Å². The Morgan fingerprint density at radius 2 is 2.00 bits per heavy atom. The molecule has 0 bridgehead atoms. The number of pyridine rings is 1. The first-order valence-corrected chi connectivity index (χ1v) is 7.06. The highest BCUT2D eigenvalue weighted by Gasteiger charge is 2.14. The molecule has 1 aromatic heterocycles. The van der Waals surface area contributed by atoms with Crippen molar-refractivity contribution in [2.24, 2.45) is 0 Å². The SMILES string of the molecule is Cc1cc2ccc(Br)cc2nc1N1CCNCC1. The highest BCUT2D eigenvalue weighted by molar-refractivity contribution is 9.10. The number of rotatable bonds is 1. The minimum Gasteiger partial charge on any atom is -0.354 e. The normalized spacial score (nSPS) is 16.2. The maximum atomic E-state index is 4.83. The van der Waals surface area contributed by atoms with Crippen molar-refractivity contribution in [3.8, 4) is 0 Å². The van der Waals surface area contributed by atoms with E-state index in [9.17, 15) is 0 Å². The first kappa shape index (κ1) is 11.9. The molecule has 3 nitrogen and oxygen atoms in total. The Bertz CT molecular complexity index is 577. The van der Waals surface area contributed by atoms with E-state index < -0.39 is 0 Å². The van der Waals surface area contributed by atoms with E-state index in [1.165, 1.54) is 10.9 Å². The zero-order valence-corrected chi connectivity index (χ0v) is 12.0. The average Bonchev–Trinajstić information content (AvgIpc) is 2.39. The molecule has 0 saturated carbocycles. The van der Waals surface area contributed by atoms with E-state index in [0.29, 0.717) is 0 Å². The second kappa shape index (κ2) is 4.86. The summed E-state index contributed by atoms with van der Waals surface area (Å²) in [5.74, 6) is 1.13. The monoisotopic (exact) mass is 305 g/mol. The van der Waals surface area contributed by atoms with Gasteiger partial charge >= 0.3 is 0 Å². The molecular formula is C14H16BrN3. The molecule has 2 heterocycles. The van der Waals surface area contributed by atoms with E-state index in [4.69, 9.17) is 4.98 Å². The van der Waals surface area contributed by atoms with E-state index in [2.05, 4.69) is 57.3 Å². The summed E-state index contributed by atoms with van der Waals surface area (Å²) < 4.78 is 1.08. The third-order valence-electron chi connectivity index (χ3n) is 3.36. The second-order valence-electron chi connectivity index (χ2n) is 4.70. The van der Waals surface area contributed by atoms with Gasteiger partial charge in [-0.3, -0.25) is 0 Å². The van der Waals surface area contributed by atoms with Crippen molar-refractivity contribution < 1.29 is 0 Å². The van der Waals surface area contributed by atoms with E-state index >= 15 is 0 Å². The molecule has 94 valence electrons. The largest absolute Gasteiger partial charge is 0.354 e. The highest BCUT2D eigenvalue weighted by atomic mass is 79.9. The second-order valence-corrected chi connectivity index (χ2v) is 5.62. The van der Waals surface area contributed by atoms with Crippen LogP contribution in [0, 0.1) is 6.92 Å². The molecule has 1 N–H and O–H groups in total. The smallest absolute Gasteiger partial charge is 0.132 e. The van der Waals surface area contributed by atoms with Gasteiger partial charge in [-0.15, -0.1) is 0 Å². The number of anilines is 1. The van der Waals surface area contributed by atoms with Crippen LogP contribution < -0.4 is 10.2 Å². The Morgan fingerprint density at radius 3 is 2.78 bits per heavy atom. The van der Waals surface area contributed by atoms with E-state index in [1.807, 2.05) is 0 Å². The van der Waals surface area contributed by atoms with Crippen LogP contribution in [0.1, 0.15) is 5.56 Å². The van der Waals surface area contributed by atoms with Gasteiger partial charge in [0.25, 0.3) is 0 Å². The molecule has 0 unspecified atom stereocenters. The molecule has 18 heavy (non-hydrogen) atoms. The van der Waals surface area contributed by atoms with Crippen molar-refractivity contribution >= 4 is 32.7 Å². The number of halogens is 1. The number of nitrogens with one attached hydrogen (secondary N) is 1. The molecule has 1 aromatic carbocycles. The Kier molecular flexibility index (Phi) is 3.22. The summed E-state index contributed by atoms with van der Waals surface area (Å²) >= 11 is 3.51. The van der Waals surface area contributed by atoms with Crippen molar-refractivity contribution in [2.75, 3.05) is 31.1 Å². The lowest BCUT2D eigenvalue weighted by atomic mass is 10.1.